The highest BCUT2D eigenvalue weighted by molar-refractivity contribution is 6.05. The summed E-state index contributed by atoms with van der Waals surface area (Å²) in [7, 11) is 0. The first-order valence-electron chi connectivity index (χ1n) is 11.7. The van der Waals surface area contributed by atoms with Crippen LogP contribution in [0.5, 0.6) is 0 Å². The molecule has 3 aromatic rings. The van der Waals surface area contributed by atoms with E-state index < -0.39 is 0 Å². The van der Waals surface area contributed by atoms with Crippen LogP contribution >= 0.6 is 0 Å². The van der Waals surface area contributed by atoms with Crippen LogP contribution in [-0.2, 0) is 13.0 Å². The summed E-state index contributed by atoms with van der Waals surface area (Å²) < 4.78 is 0. The summed E-state index contributed by atoms with van der Waals surface area (Å²) in [6.07, 6.45) is 10.2. The number of amides is 1. The van der Waals surface area contributed by atoms with Gasteiger partial charge in [0.25, 0.3) is 5.91 Å². The lowest BCUT2D eigenvalue weighted by Crippen LogP contribution is -2.38. The van der Waals surface area contributed by atoms with Gasteiger partial charge in [-0.1, -0.05) is 6.07 Å². The van der Waals surface area contributed by atoms with Gasteiger partial charge in [0.05, 0.1) is 17.2 Å². The number of aromatic amines is 1. The first-order valence-corrected chi connectivity index (χ1v) is 11.7. The van der Waals surface area contributed by atoms with Crippen molar-refractivity contribution >= 4 is 16.9 Å². The molecule has 6 heteroatoms. The van der Waals surface area contributed by atoms with Gasteiger partial charge >= 0.3 is 0 Å². The van der Waals surface area contributed by atoms with E-state index in [1.165, 1.54) is 30.4 Å². The standard InChI is InChI=1S/C26H29N5O/c27-15-19-3-6-20-10-13-31(17-21(20)14-19)12-9-18-4-7-22(8-5-18)30-26(32)24-16-29-25-23(24)2-1-11-28-25/h1-3,6,11,14,16,18,22H,4-5,7-10,12-13,17H2,(H,28,29)(H,30,32). The van der Waals surface area contributed by atoms with Crippen molar-refractivity contribution in [1.82, 2.24) is 20.2 Å². The Morgan fingerprint density at radius 2 is 2.09 bits per heavy atom. The molecule has 6 nitrogen and oxygen atoms in total. The van der Waals surface area contributed by atoms with Crippen LogP contribution in [0.4, 0.5) is 0 Å². The first kappa shape index (κ1) is 20.7. The zero-order valence-corrected chi connectivity index (χ0v) is 18.3. The molecule has 2 N–H and O–H groups in total. The van der Waals surface area contributed by atoms with E-state index in [1.54, 1.807) is 12.4 Å². The lowest BCUT2D eigenvalue weighted by molar-refractivity contribution is 0.0921. The molecular weight excluding hydrogens is 398 g/mol. The van der Waals surface area contributed by atoms with Crippen LogP contribution in [0.25, 0.3) is 11.0 Å². The molecule has 32 heavy (non-hydrogen) atoms. The predicted molar refractivity (Wildman–Crippen MR) is 124 cm³/mol. The number of aromatic nitrogens is 2. The molecule has 164 valence electrons. The Balaban J connectivity index is 1.08. The number of benzene rings is 1. The Morgan fingerprint density at radius 3 is 2.94 bits per heavy atom. The van der Waals surface area contributed by atoms with Crippen LogP contribution in [-0.4, -0.2) is 39.9 Å². The van der Waals surface area contributed by atoms with Gasteiger partial charge in [0.2, 0.25) is 0 Å². The van der Waals surface area contributed by atoms with Gasteiger partial charge in [0.1, 0.15) is 5.65 Å². The number of carbonyl (C=O) groups excluding carboxylic acids is 1. The van der Waals surface area contributed by atoms with E-state index in [0.29, 0.717) is 5.56 Å². The van der Waals surface area contributed by atoms with Crippen molar-refractivity contribution in [1.29, 1.82) is 5.26 Å². The number of pyridine rings is 1. The topological polar surface area (TPSA) is 84.8 Å². The zero-order valence-electron chi connectivity index (χ0n) is 18.3. The SMILES string of the molecule is N#Cc1ccc2c(c1)CN(CCC1CCC(NC(=O)c3c[nH]c4ncccc34)CC1)CC2. The highest BCUT2D eigenvalue weighted by Gasteiger charge is 2.25. The second-order valence-electron chi connectivity index (χ2n) is 9.20. The monoisotopic (exact) mass is 427 g/mol. The zero-order chi connectivity index (χ0) is 21.9. The smallest absolute Gasteiger partial charge is 0.253 e. The molecular formula is C26H29N5O. The maximum atomic E-state index is 12.8. The van der Waals surface area contributed by atoms with Gasteiger partial charge < -0.3 is 10.3 Å². The van der Waals surface area contributed by atoms with E-state index in [0.717, 1.165) is 61.4 Å². The van der Waals surface area contributed by atoms with Crippen LogP contribution in [0.2, 0.25) is 0 Å². The van der Waals surface area contributed by atoms with Gasteiger partial charge in [-0.3, -0.25) is 9.69 Å². The molecule has 2 aliphatic rings. The van der Waals surface area contributed by atoms with E-state index in [4.69, 9.17) is 5.26 Å². The van der Waals surface area contributed by atoms with Gasteiger partial charge in [0.15, 0.2) is 0 Å². The number of hydrogen-bond acceptors (Lipinski definition) is 4. The minimum atomic E-state index is -0.00331. The van der Waals surface area contributed by atoms with E-state index in [-0.39, 0.29) is 11.9 Å². The van der Waals surface area contributed by atoms with E-state index in [1.807, 2.05) is 18.2 Å². The van der Waals surface area contributed by atoms with Gasteiger partial charge in [-0.15, -0.1) is 0 Å². The van der Waals surface area contributed by atoms with Crippen LogP contribution in [0, 0.1) is 17.2 Å². The Bertz CT molecular complexity index is 1150. The second-order valence-corrected chi connectivity index (χ2v) is 9.20. The van der Waals surface area contributed by atoms with E-state index >= 15 is 0 Å². The molecule has 0 radical (unpaired) electrons. The van der Waals surface area contributed by atoms with Crippen molar-refractivity contribution < 1.29 is 4.79 Å². The quantitative estimate of drug-likeness (QED) is 0.640. The number of carbonyl (C=O) groups is 1. The molecule has 1 saturated carbocycles. The molecule has 1 amide bonds. The second kappa shape index (κ2) is 9.13. The normalized spacial score (nSPS) is 21.1. The summed E-state index contributed by atoms with van der Waals surface area (Å²) in [6.45, 7) is 3.17. The minimum absolute atomic E-state index is 0.00331. The third-order valence-corrected chi connectivity index (χ3v) is 7.16. The predicted octanol–water partition coefficient (Wildman–Crippen LogP) is 4.17. The highest BCUT2D eigenvalue weighted by atomic mass is 16.1. The lowest BCUT2D eigenvalue weighted by Gasteiger charge is -2.33. The van der Waals surface area contributed by atoms with Crippen molar-refractivity contribution in [3.63, 3.8) is 0 Å². The van der Waals surface area contributed by atoms with Crippen molar-refractivity contribution in [2.24, 2.45) is 5.92 Å². The maximum Gasteiger partial charge on any atom is 0.253 e. The van der Waals surface area contributed by atoms with Crippen LogP contribution in [0.15, 0.2) is 42.7 Å². The van der Waals surface area contributed by atoms with Crippen LogP contribution in [0.1, 0.15) is 59.2 Å². The Kier molecular flexibility index (Phi) is 5.91. The van der Waals surface area contributed by atoms with E-state index in [9.17, 15) is 4.79 Å². The highest BCUT2D eigenvalue weighted by Crippen LogP contribution is 2.29. The number of nitriles is 1. The molecule has 0 spiro atoms. The number of hydrogen-bond donors (Lipinski definition) is 2. The fraction of sp³-hybridized carbons (Fsp3) is 0.423. The van der Waals surface area contributed by atoms with Crippen molar-refractivity contribution in [2.75, 3.05) is 13.1 Å². The maximum absolute atomic E-state index is 12.8. The molecule has 2 aromatic heterocycles. The Morgan fingerprint density at radius 1 is 1.22 bits per heavy atom. The molecule has 5 rings (SSSR count). The van der Waals surface area contributed by atoms with Gasteiger partial charge in [0, 0.05) is 36.9 Å². The number of H-pyrrole nitrogens is 1. The molecule has 1 aromatic carbocycles. The van der Waals surface area contributed by atoms with Gasteiger partial charge in [-0.25, -0.2) is 4.98 Å². The molecule has 1 aliphatic heterocycles. The molecule has 0 saturated heterocycles. The van der Waals surface area contributed by atoms with Crippen molar-refractivity contribution in [2.45, 2.75) is 51.1 Å². The molecule has 1 fully saturated rings. The largest absolute Gasteiger partial charge is 0.349 e. The van der Waals surface area contributed by atoms with Crippen LogP contribution < -0.4 is 5.32 Å². The number of fused-ring (bicyclic) bond motifs is 2. The molecule has 0 unspecified atom stereocenters. The number of nitrogens with one attached hydrogen (secondary N) is 2. The fourth-order valence-corrected chi connectivity index (χ4v) is 5.24. The van der Waals surface area contributed by atoms with Gasteiger partial charge in [-0.2, -0.15) is 5.26 Å². The summed E-state index contributed by atoms with van der Waals surface area (Å²) in [5, 5.41) is 13.3. The average Bonchev–Trinajstić information content (AvgIpc) is 3.27. The Labute approximate surface area is 188 Å². The molecule has 0 bridgehead atoms. The fourth-order valence-electron chi connectivity index (χ4n) is 5.24. The summed E-state index contributed by atoms with van der Waals surface area (Å²) in [6, 6.07) is 12.4. The lowest BCUT2D eigenvalue weighted by atomic mass is 9.83. The van der Waals surface area contributed by atoms with Crippen LogP contribution in [0.3, 0.4) is 0 Å². The van der Waals surface area contributed by atoms with Crippen molar-refractivity contribution in [3.8, 4) is 6.07 Å². The van der Waals surface area contributed by atoms with Crippen molar-refractivity contribution in [3.05, 3.63) is 65.0 Å². The summed E-state index contributed by atoms with van der Waals surface area (Å²) in [4.78, 5) is 22.6. The molecule has 1 aliphatic carbocycles. The third kappa shape index (κ3) is 4.39. The van der Waals surface area contributed by atoms with E-state index in [2.05, 4.69) is 38.4 Å². The van der Waals surface area contributed by atoms with Gasteiger partial charge in [-0.05, 0) is 86.4 Å². The summed E-state index contributed by atoms with van der Waals surface area (Å²) in [5.74, 6) is 0.726. The number of nitrogens with zero attached hydrogens (tertiary/aromatic N) is 3. The summed E-state index contributed by atoms with van der Waals surface area (Å²) >= 11 is 0. The minimum Gasteiger partial charge on any atom is -0.349 e. The average molecular weight is 428 g/mol. The summed E-state index contributed by atoms with van der Waals surface area (Å²) in [5.41, 5.74) is 4.90. The molecule has 0 atom stereocenters. The Hall–Kier alpha value is -3.17. The first-order chi connectivity index (χ1) is 15.7. The molecule has 3 heterocycles. The third-order valence-electron chi connectivity index (χ3n) is 7.16. The number of rotatable bonds is 5.